The van der Waals surface area contributed by atoms with Crippen LogP contribution in [0, 0.1) is 0 Å². The molecule has 108 valence electrons. The summed E-state index contributed by atoms with van der Waals surface area (Å²) in [4.78, 5) is 9.16. The summed E-state index contributed by atoms with van der Waals surface area (Å²) in [5.41, 5.74) is 1.11. The number of nitrogens with zero attached hydrogens (tertiary/aromatic N) is 2. The second kappa shape index (κ2) is 5.97. The predicted molar refractivity (Wildman–Crippen MR) is 89.3 cm³/mol. The van der Waals surface area contributed by atoms with Crippen molar-refractivity contribution in [2.75, 3.05) is 0 Å². The van der Waals surface area contributed by atoms with Gasteiger partial charge < -0.3 is 4.43 Å². The molecule has 19 heavy (non-hydrogen) atoms. The minimum absolute atomic E-state index is 0.386. The van der Waals surface area contributed by atoms with Gasteiger partial charge in [-0.05, 0) is 25.6 Å². The van der Waals surface area contributed by atoms with Crippen LogP contribution in [0.2, 0.25) is 39.3 Å². The first-order valence-electron chi connectivity index (χ1n) is 6.73. The molecule has 0 spiro atoms. The van der Waals surface area contributed by atoms with E-state index in [0.29, 0.717) is 5.92 Å². The van der Waals surface area contributed by atoms with Gasteiger partial charge in [0.15, 0.2) is 5.16 Å². The van der Waals surface area contributed by atoms with E-state index in [0.717, 1.165) is 16.6 Å². The molecule has 1 heterocycles. The molecule has 3 nitrogen and oxygen atoms in total. The van der Waals surface area contributed by atoms with E-state index in [1.54, 1.807) is 0 Å². The van der Waals surface area contributed by atoms with Crippen molar-refractivity contribution >= 4 is 26.8 Å². The third-order valence-electron chi connectivity index (χ3n) is 2.18. The lowest BCUT2D eigenvalue weighted by atomic mass is 10.1. The minimum atomic E-state index is -1.65. The summed E-state index contributed by atoms with van der Waals surface area (Å²) in [6.07, 6.45) is 1.94. The average molecular weight is 315 g/mol. The van der Waals surface area contributed by atoms with Crippen molar-refractivity contribution in [1.29, 1.82) is 0 Å². The zero-order valence-electron chi connectivity index (χ0n) is 13.4. The van der Waals surface area contributed by atoms with Crippen molar-refractivity contribution in [3.8, 4) is 5.88 Å². The van der Waals surface area contributed by atoms with Gasteiger partial charge in [0.1, 0.15) is 7.22 Å². The summed E-state index contributed by atoms with van der Waals surface area (Å²) >= 11 is 1.81. The summed E-state index contributed by atoms with van der Waals surface area (Å²) in [5.74, 6) is 1.18. The summed E-state index contributed by atoms with van der Waals surface area (Å²) < 4.78 is 6.14. The van der Waals surface area contributed by atoms with Gasteiger partial charge in [0.05, 0.1) is 0 Å². The smallest absolute Gasteiger partial charge is 0.244 e. The van der Waals surface area contributed by atoms with Crippen molar-refractivity contribution in [2.24, 2.45) is 0 Å². The van der Waals surface area contributed by atoms with E-state index in [2.05, 4.69) is 63.1 Å². The molecule has 0 fully saturated rings. The lowest BCUT2D eigenvalue weighted by Gasteiger charge is -2.22. The van der Waals surface area contributed by atoms with Crippen LogP contribution in [0.1, 0.15) is 25.3 Å². The first-order valence-corrected chi connectivity index (χ1v) is 15.2. The highest BCUT2D eigenvalue weighted by Gasteiger charge is 2.23. The van der Waals surface area contributed by atoms with E-state index >= 15 is 0 Å². The van der Waals surface area contributed by atoms with Gasteiger partial charge in [-0.1, -0.05) is 33.5 Å². The zero-order chi connectivity index (χ0) is 14.8. The molecule has 0 aliphatic rings. The second-order valence-electron chi connectivity index (χ2n) is 7.00. The summed E-state index contributed by atoms with van der Waals surface area (Å²) in [5, 5.41) is 0.858. The van der Waals surface area contributed by atoms with Crippen LogP contribution >= 0.6 is 11.2 Å². The van der Waals surface area contributed by atoms with Gasteiger partial charge in [0, 0.05) is 11.8 Å². The Bertz CT molecular complexity index is 439. The van der Waals surface area contributed by atoms with Crippen LogP contribution in [0.3, 0.4) is 0 Å². The molecule has 0 radical (unpaired) electrons. The van der Waals surface area contributed by atoms with Gasteiger partial charge in [-0.3, -0.25) is 0 Å². The first-order chi connectivity index (χ1) is 8.48. The molecular weight excluding hydrogens is 288 g/mol. The maximum Gasteiger partial charge on any atom is 0.244 e. The molecule has 0 aliphatic carbocycles. The summed E-state index contributed by atoms with van der Waals surface area (Å²) in [6, 6.07) is 0. The summed E-state index contributed by atoms with van der Waals surface area (Å²) in [6.45, 7) is 17.8. The SMILES string of the molecule is CC(C)c1cnc(S[Si](C)(C)C)nc1O[Si](C)(C)C. The van der Waals surface area contributed by atoms with Crippen LogP contribution in [0.4, 0.5) is 0 Å². The molecule has 0 saturated heterocycles. The molecule has 0 unspecified atom stereocenters. The Balaban J connectivity index is 3.11. The normalized spacial score (nSPS) is 12.9. The number of rotatable bonds is 5. The Hall–Kier alpha value is -0.336. The summed E-state index contributed by atoms with van der Waals surface area (Å²) in [7, 11) is -2.92. The molecular formula is C13H26N2OSSi2. The predicted octanol–water partition coefficient (Wildman–Crippen LogP) is 4.74. The zero-order valence-corrected chi connectivity index (χ0v) is 16.2. The molecule has 0 bridgehead atoms. The molecule has 1 rings (SSSR count). The maximum atomic E-state index is 6.14. The quantitative estimate of drug-likeness (QED) is 0.581. The van der Waals surface area contributed by atoms with E-state index in [-0.39, 0.29) is 0 Å². The molecule has 0 atom stereocenters. The van der Waals surface area contributed by atoms with Crippen LogP contribution < -0.4 is 4.43 Å². The average Bonchev–Trinajstić information content (AvgIpc) is 2.11. The van der Waals surface area contributed by atoms with E-state index in [4.69, 9.17) is 4.43 Å². The molecule has 1 aromatic rings. The fourth-order valence-electron chi connectivity index (χ4n) is 1.45. The monoisotopic (exact) mass is 314 g/mol. The lowest BCUT2D eigenvalue weighted by molar-refractivity contribution is 0.509. The Kier molecular flexibility index (Phi) is 5.25. The highest BCUT2D eigenvalue weighted by atomic mass is 32.4. The Labute approximate surface area is 123 Å². The van der Waals surface area contributed by atoms with Gasteiger partial charge in [0.2, 0.25) is 14.2 Å². The van der Waals surface area contributed by atoms with Gasteiger partial charge in [-0.25, -0.2) is 4.98 Å². The fraction of sp³-hybridized carbons (Fsp3) is 0.692. The molecule has 6 heteroatoms. The van der Waals surface area contributed by atoms with Gasteiger partial charge >= 0.3 is 0 Å². The first kappa shape index (κ1) is 16.7. The number of aromatic nitrogens is 2. The van der Waals surface area contributed by atoms with Crippen molar-refractivity contribution in [2.45, 2.75) is 64.2 Å². The second-order valence-corrected chi connectivity index (χ2v) is 20.5. The third kappa shape index (κ3) is 6.10. The van der Waals surface area contributed by atoms with Crippen LogP contribution in [0.25, 0.3) is 0 Å². The van der Waals surface area contributed by atoms with Crippen molar-refractivity contribution in [1.82, 2.24) is 9.97 Å². The van der Waals surface area contributed by atoms with Crippen molar-refractivity contribution in [3.63, 3.8) is 0 Å². The minimum Gasteiger partial charge on any atom is -0.531 e. The van der Waals surface area contributed by atoms with E-state index < -0.39 is 15.5 Å². The van der Waals surface area contributed by atoms with E-state index in [1.165, 1.54) is 0 Å². The Morgan fingerprint density at radius 3 is 2.11 bits per heavy atom. The number of hydrogen-bond acceptors (Lipinski definition) is 4. The number of hydrogen-bond donors (Lipinski definition) is 0. The Morgan fingerprint density at radius 2 is 1.68 bits per heavy atom. The van der Waals surface area contributed by atoms with Crippen molar-refractivity contribution < 1.29 is 4.43 Å². The topological polar surface area (TPSA) is 35.0 Å². The van der Waals surface area contributed by atoms with Crippen LogP contribution in [0.15, 0.2) is 11.4 Å². The molecule has 0 amide bonds. The third-order valence-corrected chi connectivity index (χ3v) is 6.36. The molecule has 0 N–H and O–H groups in total. The van der Waals surface area contributed by atoms with Crippen molar-refractivity contribution in [3.05, 3.63) is 11.8 Å². The van der Waals surface area contributed by atoms with E-state index in [1.807, 2.05) is 17.4 Å². The van der Waals surface area contributed by atoms with Gasteiger partial charge in [0.25, 0.3) is 0 Å². The maximum absolute atomic E-state index is 6.14. The molecule has 0 aromatic carbocycles. The van der Waals surface area contributed by atoms with Crippen LogP contribution in [-0.2, 0) is 0 Å². The lowest BCUT2D eigenvalue weighted by Crippen LogP contribution is -2.30. The fourth-order valence-corrected chi connectivity index (χ4v) is 4.91. The van der Waals surface area contributed by atoms with Crippen LogP contribution in [0.5, 0.6) is 5.88 Å². The Morgan fingerprint density at radius 1 is 1.11 bits per heavy atom. The van der Waals surface area contributed by atoms with Crippen LogP contribution in [-0.4, -0.2) is 25.5 Å². The van der Waals surface area contributed by atoms with Gasteiger partial charge in [-0.15, -0.1) is 11.2 Å². The highest BCUT2D eigenvalue weighted by Crippen LogP contribution is 2.31. The molecule has 0 aliphatic heterocycles. The standard InChI is InChI=1S/C13H26N2OSSi2/c1-10(2)11-9-14-13(17-19(6,7)8)15-12(11)16-18(3,4)5/h9-10H,1-8H3. The van der Waals surface area contributed by atoms with Gasteiger partial charge in [-0.2, -0.15) is 4.98 Å². The van der Waals surface area contributed by atoms with E-state index in [9.17, 15) is 0 Å². The molecule has 0 saturated carbocycles. The largest absolute Gasteiger partial charge is 0.531 e. The molecule has 1 aromatic heterocycles. The highest BCUT2D eigenvalue weighted by molar-refractivity contribution is 8.28.